The molecule has 1 aliphatic carbocycles. The van der Waals surface area contributed by atoms with Gasteiger partial charge in [-0.3, -0.25) is 4.79 Å². The molecule has 0 spiro atoms. The Morgan fingerprint density at radius 2 is 1.91 bits per heavy atom. The Morgan fingerprint density at radius 1 is 1.36 bits per heavy atom. The first kappa shape index (κ1) is 8.49. The van der Waals surface area contributed by atoms with Crippen LogP contribution in [0.4, 0.5) is 0 Å². The molecular weight excluding hydrogens is 148 g/mol. The predicted molar refractivity (Wildman–Crippen MR) is 36.9 cm³/mol. The number of methoxy groups -OCH3 is 3. The molecule has 0 N–H and O–H groups in total. The molecule has 1 rings (SSSR count). The quantitative estimate of drug-likeness (QED) is 0.436. The lowest BCUT2D eigenvalue weighted by atomic mass is 10.4. The smallest absolute Gasteiger partial charge is 0.314 e. The number of hydrogen-bond acceptors (Lipinski definition) is 4. The van der Waals surface area contributed by atoms with Crippen LogP contribution in [-0.2, 0) is 19.0 Å². The second-order valence-corrected chi connectivity index (χ2v) is 2.50. The van der Waals surface area contributed by atoms with Gasteiger partial charge in [-0.05, 0) is 0 Å². The fourth-order valence-electron chi connectivity index (χ4n) is 1.17. The lowest BCUT2D eigenvalue weighted by Gasteiger charge is -2.11. The number of carbonyl (C=O) groups excluding carboxylic acids is 1. The Kier molecular flexibility index (Phi) is 2.15. The molecule has 0 aromatic carbocycles. The molecule has 1 saturated carbocycles. The number of carbonyl (C=O) groups is 1. The molecule has 0 radical (unpaired) electrons. The van der Waals surface area contributed by atoms with Crippen molar-refractivity contribution in [2.45, 2.75) is 12.2 Å². The van der Waals surface area contributed by atoms with Gasteiger partial charge < -0.3 is 14.2 Å². The molecule has 0 bridgehead atoms. The summed E-state index contributed by atoms with van der Waals surface area (Å²) in [6.07, 6.45) is 0.590. The first-order chi connectivity index (χ1) is 5.20. The summed E-state index contributed by atoms with van der Waals surface area (Å²) in [5, 5.41) is 0. The van der Waals surface area contributed by atoms with E-state index in [1.165, 1.54) is 21.3 Å². The highest BCUT2D eigenvalue weighted by Crippen LogP contribution is 2.47. The normalized spacial score (nSPS) is 26.3. The van der Waals surface area contributed by atoms with E-state index in [0.29, 0.717) is 6.42 Å². The second kappa shape index (κ2) is 2.79. The van der Waals surface area contributed by atoms with Crippen molar-refractivity contribution in [1.29, 1.82) is 0 Å². The van der Waals surface area contributed by atoms with E-state index in [1.54, 1.807) is 0 Å². The van der Waals surface area contributed by atoms with Crippen molar-refractivity contribution in [1.82, 2.24) is 0 Å². The Balaban J connectivity index is 2.50. The molecular formula is C7H12O4. The van der Waals surface area contributed by atoms with Gasteiger partial charge in [0.15, 0.2) is 5.79 Å². The minimum absolute atomic E-state index is 0.248. The largest absolute Gasteiger partial charge is 0.469 e. The number of ether oxygens (including phenoxy) is 3. The fraction of sp³-hybridized carbons (Fsp3) is 0.857. The van der Waals surface area contributed by atoms with Gasteiger partial charge in [-0.2, -0.15) is 0 Å². The summed E-state index contributed by atoms with van der Waals surface area (Å²) in [6.45, 7) is 0. The maximum atomic E-state index is 10.9. The first-order valence-electron chi connectivity index (χ1n) is 3.38. The van der Waals surface area contributed by atoms with Gasteiger partial charge in [-0.15, -0.1) is 0 Å². The lowest BCUT2D eigenvalue weighted by Crippen LogP contribution is -2.22. The molecule has 1 aliphatic rings. The molecule has 1 fully saturated rings. The molecule has 1 atom stereocenters. The predicted octanol–water partition coefficient (Wildman–Crippen LogP) is 0.168. The molecule has 11 heavy (non-hydrogen) atoms. The maximum absolute atomic E-state index is 10.9. The van der Waals surface area contributed by atoms with Crippen molar-refractivity contribution in [2.24, 2.45) is 5.92 Å². The molecule has 0 amide bonds. The molecule has 0 aromatic rings. The topological polar surface area (TPSA) is 44.8 Å². The van der Waals surface area contributed by atoms with E-state index in [4.69, 9.17) is 9.47 Å². The van der Waals surface area contributed by atoms with Crippen LogP contribution in [0, 0.1) is 5.92 Å². The zero-order chi connectivity index (χ0) is 8.48. The maximum Gasteiger partial charge on any atom is 0.314 e. The first-order valence-corrected chi connectivity index (χ1v) is 3.38. The van der Waals surface area contributed by atoms with Crippen LogP contribution >= 0.6 is 0 Å². The van der Waals surface area contributed by atoms with Crippen LogP contribution in [0.15, 0.2) is 0 Å². The van der Waals surface area contributed by atoms with Crippen molar-refractivity contribution in [2.75, 3.05) is 21.3 Å². The van der Waals surface area contributed by atoms with Gasteiger partial charge in [0, 0.05) is 20.6 Å². The summed E-state index contributed by atoms with van der Waals surface area (Å²) in [5.74, 6) is -1.22. The van der Waals surface area contributed by atoms with Gasteiger partial charge in [0.25, 0.3) is 0 Å². The summed E-state index contributed by atoms with van der Waals surface area (Å²) < 4.78 is 14.6. The standard InChI is InChI=1S/C7H12O4/c1-9-6(8)5-4-7(5,10-2)11-3/h5H,4H2,1-3H3. The monoisotopic (exact) mass is 160 g/mol. The summed E-state index contributed by atoms with van der Waals surface area (Å²) in [5.41, 5.74) is 0. The molecule has 0 saturated heterocycles. The van der Waals surface area contributed by atoms with Crippen LogP contribution in [0.1, 0.15) is 6.42 Å². The van der Waals surface area contributed by atoms with E-state index in [0.717, 1.165) is 0 Å². The van der Waals surface area contributed by atoms with Gasteiger partial charge in [0.2, 0.25) is 0 Å². The van der Waals surface area contributed by atoms with Crippen molar-refractivity contribution in [3.8, 4) is 0 Å². The molecule has 0 heterocycles. The minimum Gasteiger partial charge on any atom is -0.469 e. The number of rotatable bonds is 3. The SMILES string of the molecule is COC(=O)C1CC1(OC)OC. The van der Waals surface area contributed by atoms with Crippen LogP contribution in [0.2, 0.25) is 0 Å². The molecule has 0 aliphatic heterocycles. The number of hydrogen-bond donors (Lipinski definition) is 0. The zero-order valence-electron chi connectivity index (χ0n) is 6.92. The van der Waals surface area contributed by atoms with Gasteiger partial charge in [0.1, 0.15) is 5.92 Å². The van der Waals surface area contributed by atoms with Crippen LogP contribution in [0.3, 0.4) is 0 Å². The van der Waals surface area contributed by atoms with Gasteiger partial charge in [-0.1, -0.05) is 0 Å². The van der Waals surface area contributed by atoms with Gasteiger partial charge in [-0.25, -0.2) is 0 Å². The highest BCUT2D eigenvalue weighted by molar-refractivity contribution is 5.77. The van der Waals surface area contributed by atoms with Crippen LogP contribution in [0.5, 0.6) is 0 Å². The van der Waals surface area contributed by atoms with Crippen LogP contribution in [0.25, 0.3) is 0 Å². The highest BCUT2D eigenvalue weighted by Gasteiger charge is 2.61. The number of esters is 1. The van der Waals surface area contributed by atoms with E-state index in [2.05, 4.69) is 4.74 Å². The third-order valence-corrected chi connectivity index (χ3v) is 2.04. The molecule has 0 aromatic heterocycles. The van der Waals surface area contributed by atoms with E-state index in [1.807, 2.05) is 0 Å². The Morgan fingerprint density at radius 3 is 2.18 bits per heavy atom. The van der Waals surface area contributed by atoms with Gasteiger partial charge >= 0.3 is 5.97 Å². The van der Waals surface area contributed by atoms with Crippen molar-refractivity contribution < 1.29 is 19.0 Å². The summed E-state index contributed by atoms with van der Waals surface area (Å²) >= 11 is 0. The van der Waals surface area contributed by atoms with E-state index >= 15 is 0 Å². The average Bonchev–Trinajstić information content (AvgIpc) is 2.78. The molecule has 4 heteroatoms. The lowest BCUT2D eigenvalue weighted by molar-refractivity contribution is -0.163. The van der Waals surface area contributed by atoms with E-state index < -0.39 is 5.79 Å². The van der Waals surface area contributed by atoms with E-state index in [9.17, 15) is 4.79 Å². The van der Waals surface area contributed by atoms with E-state index in [-0.39, 0.29) is 11.9 Å². The minimum atomic E-state index is -0.701. The third-order valence-electron chi connectivity index (χ3n) is 2.04. The Bertz CT molecular complexity index is 162. The Hall–Kier alpha value is -0.610. The Labute approximate surface area is 65.4 Å². The second-order valence-electron chi connectivity index (χ2n) is 2.50. The fourth-order valence-corrected chi connectivity index (χ4v) is 1.17. The van der Waals surface area contributed by atoms with Crippen molar-refractivity contribution in [3.63, 3.8) is 0 Å². The van der Waals surface area contributed by atoms with Crippen LogP contribution in [-0.4, -0.2) is 33.1 Å². The molecule has 1 unspecified atom stereocenters. The van der Waals surface area contributed by atoms with Gasteiger partial charge in [0.05, 0.1) is 7.11 Å². The summed E-state index contributed by atoms with van der Waals surface area (Å²) in [4.78, 5) is 10.9. The van der Waals surface area contributed by atoms with Crippen LogP contribution < -0.4 is 0 Å². The third kappa shape index (κ3) is 1.23. The molecule has 64 valence electrons. The average molecular weight is 160 g/mol. The summed E-state index contributed by atoms with van der Waals surface area (Å²) in [6, 6.07) is 0. The van der Waals surface area contributed by atoms with Crippen molar-refractivity contribution in [3.05, 3.63) is 0 Å². The highest BCUT2D eigenvalue weighted by atomic mass is 16.7. The van der Waals surface area contributed by atoms with Crippen molar-refractivity contribution >= 4 is 5.97 Å². The zero-order valence-corrected chi connectivity index (χ0v) is 6.92. The molecule has 4 nitrogen and oxygen atoms in total. The summed E-state index contributed by atoms with van der Waals surface area (Å²) in [7, 11) is 4.40.